The summed E-state index contributed by atoms with van der Waals surface area (Å²) in [5, 5.41) is 6.20. The molecule has 136 valence electrons. The van der Waals surface area contributed by atoms with E-state index < -0.39 is 0 Å². The van der Waals surface area contributed by atoms with Gasteiger partial charge in [-0.15, -0.1) is 0 Å². The maximum Gasteiger partial charge on any atom is 0.253 e. The van der Waals surface area contributed by atoms with Crippen LogP contribution in [0.15, 0.2) is 24.3 Å². The minimum Gasteiger partial charge on any atom is -0.366 e. The van der Waals surface area contributed by atoms with Crippen molar-refractivity contribution in [3.63, 3.8) is 0 Å². The largest absolute Gasteiger partial charge is 0.366 e. The average Bonchev–Trinajstić information content (AvgIpc) is 2.67. The van der Waals surface area contributed by atoms with Gasteiger partial charge in [-0.05, 0) is 25.3 Å². The molecule has 1 aromatic rings. The molecule has 2 amide bonds. The zero-order valence-electron chi connectivity index (χ0n) is 14.8. The Morgan fingerprint density at radius 1 is 1.24 bits per heavy atom. The van der Waals surface area contributed by atoms with E-state index in [1.54, 1.807) is 0 Å². The van der Waals surface area contributed by atoms with Gasteiger partial charge in [0, 0.05) is 38.6 Å². The van der Waals surface area contributed by atoms with Gasteiger partial charge in [0.1, 0.15) is 6.10 Å². The third kappa shape index (κ3) is 4.80. The molecule has 25 heavy (non-hydrogen) atoms. The normalized spacial score (nSPS) is 21.8. The average molecular weight is 345 g/mol. The summed E-state index contributed by atoms with van der Waals surface area (Å²) in [5.74, 6) is 0.119. The van der Waals surface area contributed by atoms with Gasteiger partial charge in [0.25, 0.3) is 5.91 Å². The van der Waals surface area contributed by atoms with Crippen LogP contribution in [0.1, 0.15) is 24.0 Å². The number of hydrogen-bond acceptors (Lipinski definition) is 4. The molecule has 6 nitrogen and oxygen atoms in total. The van der Waals surface area contributed by atoms with Crippen LogP contribution in [0, 0.1) is 12.8 Å². The van der Waals surface area contributed by atoms with Gasteiger partial charge in [0.2, 0.25) is 5.91 Å². The van der Waals surface area contributed by atoms with Crippen LogP contribution in [0.3, 0.4) is 0 Å². The number of morpholine rings is 1. The van der Waals surface area contributed by atoms with Crippen molar-refractivity contribution in [3.05, 3.63) is 35.4 Å². The summed E-state index contributed by atoms with van der Waals surface area (Å²) in [6.45, 7) is 5.81. The lowest BCUT2D eigenvalue weighted by molar-refractivity contribution is -0.147. The van der Waals surface area contributed by atoms with Gasteiger partial charge in [-0.25, -0.2) is 0 Å². The Morgan fingerprint density at radius 2 is 1.96 bits per heavy atom. The van der Waals surface area contributed by atoms with Crippen LogP contribution < -0.4 is 10.6 Å². The molecule has 0 radical (unpaired) electrons. The van der Waals surface area contributed by atoms with Crippen molar-refractivity contribution in [1.82, 2.24) is 15.5 Å². The van der Waals surface area contributed by atoms with Crippen LogP contribution in [0.2, 0.25) is 0 Å². The number of rotatable bonds is 4. The number of aryl methyl sites for hydroxylation is 1. The number of benzene rings is 1. The number of nitrogens with zero attached hydrogens (tertiary/aromatic N) is 1. The lowest BCUT2D eigenvalue weighted by Gasteiger charge is -2.34. The first-order valence-corrected chi connectivity index (χ1v) is 9.08. The minimum absolute atomic E-state index is 0.0140. The molecular formula is C19H27N3O3. The summed E-state index contributed by atoms with van der Waals surface area (Å²) < 4.78 is 5.53. The predicted octanol–water partition coefficient (Wildman–Crippen LogP) is 0.838. The Bertz CT molecular complexity index is 588. The highest BCUT2D eigenvalue weighted by Gasteiger charge is 2.31. The maximum atomic E-state index is 12.4. The fourth-order valence-corrected chi connectivity index (χ4v) is 3.33. The molecule has 0 saturated carbocycles. The van der Waals surface area contributed by atoms with Crippen molar-refractivity contribution in [2.75, 3.05) is 32.8 Å². The second kappa shape index (κ2) is 8.45. The molecule has 6 heteroatoms. The maximum absolute atomic E-state index is 12.4. The smallest absolute Gasteiger partial charge is 0.253 e. The van der Waals surface area contributed by atoms with Crippen LogP contribution in [0.5, 0.6) is 0 Å². The molecule has 2 fully saturated rings. The summed E-state index contributed by atoms with van der Waals surface area (Å²) in [6.07, 6.45) is 1.05. The molecule has 2 aliphatic rings. The fourth-order valence-electron chi connectivity index (χ4n) is 3.33. The number of carbonyl (C=O) groups excluding carboxylic acids is 2. The van der Waals surface area contributed by atoms with E-state index >= 15 is 0 Å². The van der Waals surface area contributed by atoms with E-state index in [0.29, 0.717) is 45.6 Å². The Hall–Kier alpha value is -1.92. The van der Waals surface area contributed by atoms with E-state index in [4.69, 9.17) is 4.74 Å². The van der Waals surface area contributed by atoms with Crippen molar-refractivity contribution in [2.24, 2.45) is 5.92 Å². The first-order valence-electron chi connectivity index (χ1n) is 9.08. The van der Waals surface area contributed by atoms with Gasteiger partial charge in [-0.3, -0.25) is 9.59 Å². The molecule has 0 aliphatic carbocycles. The van der Waals surface area contributed by atoms with Gasteiger partial charge in [0.15, 0.2) is 0 Å². The number of amides is 2. The molecule has 2 N–H and O–H groups in total. The molecule has 0 bridgehead atoms. The zero-order valence-corrected chi connectivity index (χ0v) is 14.8. The van der Waals surface area contributed by atoms with Crippen molar-refractivity contribution >= 4 is 11.8 Å². The summed E-state index contributed by atoms with van der Waals surface area (Å²) >= 11 is 0. The highest BCUT2D eigenvalue weighted by Crippen LogP contribution is 2.19. The lowest BCUT2D eigenvalue weighted by Crippen LogP contribution is -2.52. The summed E-state index contributed by atoms with van der Waals surface area (Å²) in [6, 6.07) is 8.17. The molecule has 0 aromatic heterocycles. The number of hydrogen-bond donors (Lipinski definition) is 2. The standard InChI is InChI=1S/C19H27N3O3/c1-14-2-4-15(5-3-14)12-21-18(23)16-6-9-22(10-7-16)19(24)17-13-20-8-11-25-17/h2-5,16-17,20H,6-13H2,1H3,(H,21,23). The van der Waals surface area contributed by atoms with Crippen LogP contribution in [-0.4, -0.2) is 55.6 Å². The van der Waals surface area contributed by atoms with Crippen LogP contribution >= 0.6 is 0 Å². The Morgan fingerprint density at radius 3 is 2.60 bits per heavy atom. The number of nitrogens with one attached hydrogen (secondary N) is 2. The molecule has 2 heterocycles. The second-order valence-electron chi connectivity index (χ2n) is 6.87. The summed E-state index contributed by atoms with van der Waals surface area (Å²) in [5.41, 5.74) is 2.32. The van der Waals surface area contributed by atoms with Crippen molar-refractivity contribution in [1.29, 1.82) is 0 Å². The van der Waals surface area contributed by atoms with Crippen LogP contribution in [0.4, 0.5) is 0 Å². The molecule has 1 aromatic carbocycles. The van der Waals surface area contributed by atoms with E-state index in [1.165, 1.54) is 5.56 Å². The molecule has 1 atom stereocenters. The van der Waals surface area contributed by atoms with Crippen LogP contribution in [0.25, 0.3) is 0 Å². The first kappa shape index (κ1) is 17.9. The van der Waals surface area contributed by atoms with E-state index in [2.05, 4.69) is 10.6 Å². The highest BCUT2D eigenvalue weighted by molar-refractivity contribution is 5.82. The van der Waals surface area contributed by atoms with Crippen LogP contribution in [-0.2, 0) is 20.9 Å². The van der Waals surface area contributed by atoms with Crippen molar-refractivity contribution in [3.8, 4) is 0 Å². The van der Waals surface area contributed by atoms with Crippen molar-refractivity contribution in [2.45, 2.75) is 32.4 Å². The number of carbonyl (C=O) groups is 2. The monoisotopic (exact) mass is 345 g/mol. The fraction of sp³-hybridized carbons (Fsp3) is 0.579. The molecule has 3 rings (SSSR count). The lowest BCUT2D eigenvalue weighted by atomic mass is 9.95. The first-order chi connectivity index (χ1) is 12.1. The number of likely N-dealkylation sites (tertiary alicyclic amines) is 1. The SMILES string of the molecule is Cc1ccc(CNC(=O)C2CCN(C(=O)C3CNCCO3)CC2)cc1. The minimum atomic E-state index is -0.374. The molecule has 2 saturated heterocycles. The molecule has 0 spiro atoms. The highest BCUT2D eigenvalue weighted by atomic mass is 16.5. The van der Waals surface area contributed by atoms with E-state index in [1.807, 2.05) is 36.1 Å². The third-order valence-corrected chi connectivity index (χ3v) is 4.97. The predicted molar refractivity (Wildman–Crippen MR) is 94.9 cm³/mol. The molecular weight excluding hydrogens is 318 g/mol. The van der Waals surface area contributed by atoms with Gasteiger partial charge < -0.3 is 20.3 Å². The third-order valence-electron chi connectivity index (χ3n) is 4.97. The Labute approximate surface area is 148 Å². The quantitative estimate of drug-likeness (QED) is 0.848. The molecule has 1 unspecified atom stereocenters. The molecule has 2 aliphatic heterocycles. The topological polar surface area (TPSA) is 70.7 Å². The number of piperidine rings is 1. The van der Waals surface area contributed by atoms with Gasteiger partial charge >= 0.3 is 0 Å². The van der Waals surface area contributed by atoms with E-state index in [0.717, 1.165) is 12.1 Å². The van der Waals surface area contributed by atoms with E-state index in [-0.39, 0.29) is 23.8 Å². The summed E-state index contributed by atoms with van der Waals surface area (Å²) in [7, 11) is 0. The Kier molecular flexibility index (Phi) is 6.04. The van der Waals surface area contributed by atoms with E-state index in [9.17, 15) is 9.59 Å². The number of ether oxygens (including phenoxy) is 1. The van der Waals surface area contributed by atoms with Gasteiger partial charge in [0.05, 0.1) is 6.61 Å². The Balaban J connectivity index is 1.42. The second-order valence-corrected chi connectivity index (χ2v) is 6.87. The zero-order chi connectivity index (χ0) is 17.6. The van der Waals surface area contributed by atoms with Gasteiger partial charge in [-0.2, -0.15) is 0 Å². The van der Waals surface area contributed by atoms with Crippen molar-refractivity contribution < 1.29 is 14.3 Å². The summed E-state index contributed by atoms with van der Waals surface area (Å²) in [4.78, 5) is 26.6. The van der Waals surface area contributed by atoms with Gasteiger partial charge in [-0.1, -0.05) is 29.8 Å².